The zero-order valence-corrected chi connectivity index (χ0v) is 16.1. The van der Waals surface area contributed by atoms with Crippen LogP contribution in [0.2, 0.25) is 0 Å². The maximum Gasteiger partial charge on any atom is 0.237 e. The Bertz CT molecular complexity index is 1050. The van der Waals surface area contributed by atoms with Crippen molar-refractivity contribution in [2.45, 2.75) is 32.0 Å². The number of carbonyl (C=O) groups excluding carboxylic acids is 1. The number of nitrogens with one attached hydrogen (secondary N) is 2. The number of rotatable bonds is 0. The van der Waals surface area contributed by atoms with Gasteiger partial charge in [-0.15, -0.1) is 0 Å². The lowest BCUT2D eigenvalue weighted by molar-refractivity contribution is -0.125. The fourth-order valence-corrected chi connectivity index (χ4v) is 4.15. The molecular formula is C23H23N5O. The molecule has 6 heteroatoms. The lowest BCUT2D eigenvalue weighted by atomic mass is 10.1. The second-order valence-electron chi connectivity index (χ2n) is 7.64. The molecule has 146 valence electrons. The van der Waals surface area contributed by atoms with Crippen LogP contribution in [0.3, 0.4) is 0 Å². The Morgan fingerprint density at radius 3 is 2.90 bits per heavy atom. The molecule has 2 aromatic carbocycles. The first kappa shape index (κ1) is 17.8. The summed E-state index contributed by atoms with van der Waals surface area (Å²) in [7, 11) is 0. The third-order valence-corrected chi connectivity index (χ3v) is 5.58. The van der Waals surface area contributed by atoms with E-state index in [9.17, 15) is 4.79 Å². The van der Waals surface area contributed by atoms with Crippen molar-refractivity contribution < 1.29 is 4.79 Å². The van der Waals surface area contributed by atoms with Crippen molar-refractivity contribution in [2.24, 2.45) is 0 Å². The molecule has 5 rings (SSSR count). The fraction of sp³-hybridized carbons (Fsp3) is 0.261. The van der Waals surface area contributed by atoms with Crippen molar-refractivity contribution in [3.63, 3.8) is 0 Å². The molecule has 1 aromatic heterocycles. The minimum absolute atomic E-state index is 0.0706. The molecule has 1 fully saturated rings. The van der Waals surface area contributed by atoms with Gasteiger partial charge in [-0.1, -0.05) is 30.3 Å². The van der Waals surface area contributed by atoms with Crippen molar-refractivity contribution in [2.75, 3.05) is 11.9 Å². The number of nitrogens with zero attached hydrogens (tertiary/aromatic N) is 3. The number of hydrogen-bond acceptors (Lipinski definition) is 5. The molecule has 6 bridgehead atoms. The van der Waals surface area contributed by atoms with E-state index in [0.717, 1.165) is 48.4 Å². The zero-order chi connectivity index (χ0) is 19.6. The topological polar surface area (TPSA) is 70.1 Å². The minimum Gasteiger partial charge on any atom is -0.351 e. The molecule has 0 saturated carbocycles. The van der Waals surface area contributed by atoms with Gasteiger partial charge in [0.25, 0.3) is 0 Å². The van der Waals surface area contributed by atoms with Gasteiger partial charge in [-0.05, 0) is 54.8 Å². The molecule has 0 radical (unpaired) electrons. The summed E-state index contributed by atoms with van der Waals surface area (Å²) >= 11 is 0. The predicted molar refractivity (Wildman–Crippen MR) is 112 cm³/mol. The van der Waals surface area contributed by atoms with Crippen LogP contribution in [0.1, 0.15) is 24.0 Å². The quantitative estimate of drug-likeness (QED) is 0.620. The monoisotopic (exact) mass is 385 g/mol. The summed E-state index contributed by atoms with van der Waals surface area (Å²) in [6.07, 6.45) is 3.72. The van der Waals surface area contributed by atoms with Crippen molar-refractivity contribution in [1.29, 1.82) is 0 Å². The Morgan fingerprint density at radius 2 is 1.93 bits per heavy atom. The summed E-state index contributed by atoms with van der Waals surface area (Å²) in [4.78, 5) is 24.2. The van der Waals surface area contributed by atoms with Crippen LogP contribution in [-0.2, 0) is 17.9 Å². The second kappa shape index (κ2) is 7.64. The number of aromatic nitrogens is 2. The lowest BCUT2D eigenvalue weighted by Gasteiger charge is -2.24. The molecule has 3 heterocycles. The highest BCUT2D eigenvalue weighted by molar-refractivity contribution is 5.82. The highest BCUT2D eigenvalue weighted by Crippen LogP contribution is 2.24. The number of anilines is 2. The second-order valence-corrected chi connectivity index (χ2v) is 7.64. The van der Waals surface area contributed by atoms with Gasteiger partial charge in [-0.3, -0.25) is 9.69 Å². The number of amides is 1. The Hall–Kier alpha value is -3.25. The van der Waals surface area contributed by atoms with Crippen molar-refractivity contribution in [3.05, 3.63) is 71.9 Å². The van der Waals surface area contributed by atoms with Gasteiger partial charge in [0.2, 0.25) is 11.9 Å². The molecule has 0 unspecified atom stereocenters. The summed E-state index contributed by atoms with van der Waals surface area (Å²) in [6, 6.07) is 18.2. The van der Waals surface area contributed by atoms with E-state index in [1.807, 2.05) is 36.4 Å². The molecule has 1 saturated heterocycles. The average molecular weight is 385 g/mol. The lowest BCUT2D eigenvalue weighted by Crippen LogP contribution is -2.42. The van der Waals surface area contributed by atoms with Crippen molar-refractivity contribution >= 4 is 17.5 Å². The molecule has 2 N–H and O–H groups in total. The van der Waals surface area contributed by atoms with Crippen LogP contribution in [0.5, 0.6) is 0 Å². The Balaban J connectivity index is 1.55. The van der Waals surface area contributed by atoms with Gasteiger partial charge in [-0.25, -0.2) is 9.97 Å². The predicted octanol–water partition coefficient (Wildman–Crippen LogP) is 3.48. The molecule has 1 amide bonds. The van der Waals surface area contributed by atoms with Gasteiger partial charge in [0.05, 0.1) is 11.7 Å². The third-order valence-electron chi connectivity index (χ3n) is 5.58. The summed E-state index contributed by atoms with van der Waals surface area (Å²) in [5.41, 5.74) is 5.03. The van der Waals surface area contributed by atoms with Crippen LogP contribution in [0, 0.1) is 0 Å². The van der Waals surface area contributed by atoms with Crippen LogP contribution < -0.4 is 10.6 Å². The largest absolute Gasteiger partial charge is 0.351 e. The Kier molecular flexibility index (Phi) is 4.69. The van der Waals surface area contributed by atoms with E-state index in [0.29, 0.717) is 12.5 Å². The standard InChI is InChI=1S/C23H23N5O/c29-22-21-8-3-11-28(21)15-17-5-2-7-19(13-17)26-23-24-10-9-20(27-23)18-6-1-4-16(12-18)14-25-22/h1-2,4-7,9-10,12-13,21H,3,8,11,14-15H2,(H,25,29)(H,24,26,27)/t21-/m0/s1. The number of benzene rings is 2. The maximum atomic E-state index is 12.9. The molecule has 2 aliphatic heterocycles. The summed E-state index contributed by atoms with van der Waals surface area (Å²) in [5.74, 6) is 0.683. The first-order valence-corrected chi connectivity index (χ1v) is 10.0. The third kappa shape index (κ3) is 3.84. The minimum atomic E-state index is -0.0706. The molecule has 3 aromatic rings. The van der Waals surface area contributed by atoms with E-state index in [1.54, 1.807) is 6.20 Å². The average Bonchev–Trinajstić information content (AvgIpc) is 3.20. The van der Waals surface area contributed by atoms with E-state index in [2.05, 4.69) is 43.7 Å². The zero-order valence-electron chi connectivity index (χ0n) is 16.1. The summed E-state index contributed by atoms with van der Waals surface area (Å²) < 4.78 is 0. The van der Waals surface area contributed by atoms with Crippen LogP contribution in [0.15, 0.2) is 60.8 Å². The van der Waals surface area contributed by atoms with Crippen molar-refractivity contribution in [1.82, 2.24) is 20.2 Å². The van der Waals surface area contributed by atoms with E-state index in [1.165, 1.54) is 5.56 Å². The van der Waals surface area contributed by atoms with Gasteiger partial charge in [0.15, 0.2) is 0 Å². The van der Waals surface area contributed by atoms with E-state index in [4.69, 9.17) is 0 Å². The highest BCUT2D eigenvalue weighted by atomic mass is 16.2. The first-order valence-electron chi connectivity index (χ1n) is 10.0. The van der Waals surface area contributed by atoms with Crippen LogP contribution >= 0.6 is 0 Å². The van der Waals surface area contributed by atoms with Crippen LogP contribution in [-0.4, -0.2) is 33.4 Å². The number of fused-ring (bicyclic) bond motifs is 8. The van der Waals surface area contributed by atoms with Gasteiger partial charge >= 0.3 is 0 Å². The van der Waals surface area contributed by atoms with E-state index >= 15 is 0 Å². The summed E-state index contributed by atoms with van der Waals surface area (Å²) in [5, 5.41) is 6.45. The first-order chi connectivity index (χ1) is 14.2. The molecular weight excluding hydrogens is 362 g/mol. The highest BCUT2D eigenvalue weighted by Gasteiger charge is 2.30. The molecule has 2 aliphatic rings. The molecule has 1 atom stereocenters. The summed E-state index contributed by atoms with van der Waals surface area (Å²) in [6.45, 7) is 2.21. The van der Waals surface area contributed by atoms with Gasteiger partial charge in [0, 0.05) is 30.5 Å². The maximum absolute atomic E-state index is 12.9. The van der Waals surface area contributed by atoms with E-state index < -0.39 is 0 Å². The molecule has 29 heavy (non-hydrogen) atoms. The Labute approximate surface area is 170 Å². The SMILES string of the molecule is O=C1NCc2cccc(c2)-c2ccnc(n2)Nc2cccc(c2)CN2CCC[C@@H]12. The van der Waals surface area contributed by atoms with Gasteiger partial charge in [-0.2, -0.15) is 0 Å². The van der Waals surface area contributed by atoms with Crippen LogP contribution in [0.25, 0.3) is 11.3 Å². The normalized spacial score (nSPS) is 19.2. The fourth-order valence-electron chi connectivity index (χ4n) is 4.15. The van der Waals surface area contributed by atoms with E-state index in [-0.39, 0.29) is 11.9 Å². The van der Waals surface area contributed by atoms with Crippen LogP contribution in [0.4, 0.5) is 11.6 Å². The Morgan fingerprint density at radius 1 is 1.03 bits per heavy atom. The van der Waals surface area contributed by atoms with Gasteiger partial charge < -0.3 is 10.6 Å². The molecule has 0 spiro atoms. The van der Waals surface area contributed by atoms with Crippen molar-refractivity contribution in [3.8, 4) is 11.3 Å². The van der Waals surface area contributed by atoms with Gasteiger partial charge in [0.1, 0.15) is 0 Å². The number of hydrogen-bond donors (Lipinski definition) is 2. The molecule has 6 nitrogen and oxygen atoms in total. The smallest absolute Gasteiger partial charge is 0.237 e. The molecule has 0 aliphatic carbocycles. The number of carbonyl (C=O) groups is 1.